The minimum atomic E-state index is -0.344. The number of nitrogens with one attached hydrogen (secondary N) is 3. The zero-order valence-electron chi connectivity index (χ0n) is 15.3. The van der Waals surface area contributed by atoms with Crippen molar-refractivity contribution in [3.8, 4) is 5.75 Å². The number of carbonyl (C=O) groups excluding carboxylic acids is 1. The number of hydrogen-bond donors (Lipinski definition) is 3. The third-order valence-electron chi connectivity index (χ3n) is 4.41. The molecule has 142 valence electrons. The maximum Gasteiger partial charge on any atom is 0.258 e. The predicted molar refractivity (Wildman–Crippen MR) is 110 cm³/mol. The van der Waals surface area contributed by atoms with E-state index in [0.717, 1.165) is 27.1 Å². The van der Waals surface area contributed by atoms with E-state index in [0.29, 0.717) is 13.0 Å². The maximum atomic E-state index is 12.4. The number of hydrogen-bond acceptors (Lipinski definition) is 5. The van der Waals surface area contributed by atoms with E-state index in [2.05, 4.69) is 37.3 Å². The number of halogens is 1. The van der Waals surface area contributed by atoms with E-state index in [1.165, 1.54) is 0 Å². The fourth-order valence-electron chi connectivity index (χ4n) is 2.88. The summed E-state index contributed by atoms with van der Waals surface area (Å²) in [7, 11) is 0. The molecule has 27 heavy (non-hydrogen) atoms. The lowest BCUT2D eigenvalue weighted by atomic mass is 10.0. The molecule has 2 aromatic carbocycles. The van der Waals surface area contributed by atoms with Gasteiger partial charge in [0.15, 0.2) is 0 Å². The second-order valence-electron chi connectivity index (χ2n) is 6.31. The summed E-state index contributed by atoms with van der Waals surface area (Å²) < 4.78 is 6.47. The van der Waals surface area contributed by atoms with Gasteiger partial charge in [0.05, 0.1) is 12.3 Å². The van der Waals surface area contributed by atoms with Crippen LogP contribution in [0.15, 0.2) is 58.1 Å². The molecule has 1 aliphatic heterocycles. The minimum Gasteiger partial charge on any atom is -0.494 e. The van der Waals surface area contributed by atoms with Crippen LogP contribution in [0.4, 0.5) is 0 Å². The topological polar surface area (TPSA) is 74.8 Å². The molecule has 1 aliphatic rings. The van der Waals surface area contributed by atoms with Crippen molar-refractivity contribution in [1.82, 2.24) is 16.3 Å². The number of ether oxygens (including phenoxy) is 1. The largest absolute Gasteiger partial charge is 0.494 e. The van der Waals surface area contributed by atoms with Crippen LogP contribution in [0.3, 0.4) is 0 Å². The molecular weight excluding hydrogens is 408 g/mol. The lowest BCUT2D eigenvalue weighted by Gasteiger charge is -2.11. The Balaban J connectivity index is 1.55. The predicted octanol–water partition coefficient (Wildman–Crippen LogP) is 3.30. The first-order valence-corrected chi connectivity index (χ1v) is 9.70. The van der Waals surface area contributed by atoms with Gasteiger partial charge in [-0.1, -0.05) is 40.2 Å². The van der Waals surface area contributed by atoms with Gasteiger partial charge in [-0.2, -0.15) is 5.10 Å². The molecule has 7 heteroatoms. The SMILES string of the molecule is CCOc1ccc(C2CC(C(=O)N/N=C(/C)c3ccc(Br)cc3)NN2)cc1. The van der Waals surface area contributed by atoms with Crippen LogP contribution in [0.5, 0.6) is 5.75 Å². The smallest absolute Gasteiger partial charge is 0.258 e. The van der Waals surface area contributed by atoms with Gasteiger partial charge in [-0.05, 0) is 55.7 Å². The molecule has 1 fully saturated rings. The summed E-state index contributed by atoms with van der Waals surface area (Å²) in [5.74, 6) is 0.687. The highest BCUT2D eigenvalue weighted by Gasteiger charge is 2.30. The van der Waals surface area contributed by atoms with Crippen molar-refractivity contribution in [2.75, 3.05) is 6.61 Å². The molecule has 0 aliphatic carbocycles. The number of benzene rings is 2. The van der Waals surface area contributed by atoms with E-state index in [-0.39, 0.29) is 18.0 Å². The fourth-order valence-corrected chi connectivity index (χ4v) is 3.15. The summed E-state index contributed by atoms with van der Waals surface area (Å²) in [4.78, 5) is 12.4. The highest BCUT2D eigenvalue weighted by atomic mass is 79.9. The van der Waals surface area contributed by atoms with E-state index in [4.69, 9.17) is 4.74 Å². The number of rotatable bonds is 6. The Morgan fingerprint density at radius 2 is 1.89 bits per heavy atom. The molecule has 3 N–H and O–H groups in total. The van der Waals surface area contributed by atoms with Crippen LogP contribution in [0.25, 0.3) is 0 Å². The molecule has 0 bridgehead atoms. The second kappa shape index (κ2) is 9.12. The lowest BCUT2D eigenvalue weighted by molar-refractivity contribution is -0.122. The quantitative estimate of drug-likeness (QED) is 0.485. The van der Waals surface area contributed by atoms with Crippen LogP contribution in [-0.4, -0.2) is 24.3 Å². The fraction of sp³-hybridized carbons (Fsp3) is 0.300. The molecule has 6 nitrogen and oxygen atoms in total. The van der Waals surface area contributed by atoms with Crippen LogP contribution in [-0.2, 0) is 4.79 Å². The highest BCUT2D eigenvalue weighted by molar-refractivity contribution is 9.10. The highest BCUT2D eigenvalue weighted by Crippen LogP contribution is 2.24. The van der Waals surface area contributed by atoms with E-state index in [1.807, 2.05) is 62.4 Å². The van der Waals surface area contributed by atoms with Gasteiger partial charge >= 0.3 is 0 Å². The van der Waals surface area contributed by atoms with Crippen molar-refractivity contribution in [2.24, 2.45) is 5.10 Å². The Kier molecular flexibility index (Phi) is 6.60. The van der Waals surface area contributed by atoms with Gasteiger partial charge in [-0.3, -0.25) is 4.79 Å². The standard InChI is InChI=1S/C20H23BrN4O2/c1-3-27-17-10-6-15(7-11-17)18-12-19(24-23-18)20(26)25-22-13(2)14-4-8-16(21)9-5-14/h4-11,18-19,23-24H,3,12H2,1-2H3,(H,25,26)/b22-13-. The Morgan fingerprint density at radius 1 is 1.19 bits per heavy atom. The molecular formula is C20H23BrN4O2. The first-order valence-electron chi connectivity index (χ1n) is 8.90. The molecule has 0 spiro atoms. The molecule has 2 unspecified atom stereocenters. The summed E-state index contributed by atoms with van der Waals surface area (Å²) in [6, 6.07) is 15.4. The Labute approximate surface area is 167 Å². The normalized spacial score (nSPS) is 19.7. The zero-order chi connectivity index (χ0) is 19.2. The van der Waals surface area contributed by atoms with E-state index in [9.17, 15) is 4.79 Å². The third-order valence-corrected chi connectivity index (χ3v) is 4.94. The van der Waals surface area contributed by atoms with E-state index < -0.39 is 0 Å². The van der Waals surface area contributed by atoms with Crippen molar-refractivity contribution in [1.29, 1.82) is 0 Å². The average Bonchev–Trinajstić information content (AvgIpc) is 3.17. The van der Waals surface area contributed by atoms with Crippen molar-refractivity contribution >= 4 is 27.5 Å². The molecule has 1 saturated heterocycles. The van der Waals surface area contributed by atoms with Crippen LogP contribution in [0, 0.1) is 0 Å². The van der Waals surface area contributed by atoms with Gasteiger partial charge in [-0.25, -0.2) is 16.3 Å². The Bertz CT molecular complexity index is 806. The molecule has 0 aromatic heterocycles. The summed E-state index contributed by atoms with van der Waals surface area (Å²) in [6.07, 6.45) is 0.646. The van der Waals surface area contributed by atoms with Crippen LogP contribution in [0.1, 0.15) is 37.4 Å². The van der Waals surface area contributed by atoms with Gasteiger partial charge in [0, 0.05) is 10.5 Å². The second-order valence-corrected chi connectivity index (χ2v) is 7.23. The van der Waals surface area contributed by atoms with Gasteiger partial charge < -0.3 is 4.74 Å². The average molecular weight is 431 g/mol. The molecule has 0 radical (unpaired) electrons. The van der Waals surface area contributed by atoms with Gasteiger partial charge in [0.1, 0.15) is 11.8 Å². The molecule has 1 amide bonds. The van der Waals surface area contributed by atoms with E-state index in [1.54, 1.807) is 0 Å². The first kappa shape index (κ1) is 19.5. The Hall–Kier alpha value is -2.22. The maximum absolute atomic E-state index is 12.4. The Morgan fingerprint density at radius 3 is 2.56 bits per heavy atom. The van der Waals surface area contributed by atoms with Crippen molar-refractivity contribution in [3.05, 3.63) is 64.1 Å². The lowest BCUT2D eigenvalue weighted by Crippen LogP contribution is -2.41. The molecule has 2 aromatic rings. The summed E-state index contributed by atoms with van der Waals surface area (Å²) in [5.41, 5.74) is 11.7. The van der Waals surface area contributed by atoms with Crippen molar-refractivity contribution < 1.29 is 9.53 Å². The number of hydrazone groups is 1. The van der Waals surface area contributed by atoms with Crippen LogP contribution >= 0.6 is 15.9 Å². The minimum absolute atomic E-state index is 0.0629. The number of nitrogens with zero attached hydrogens (tertiary/aromatic N) is 1. The molecule has 0 saturated carbocycles. The van der Waals surface area contributed by atoms with E-state index >= 15 is 0 Å². The number of hydrazine groups is 1. The van der Waals surface area contributed by atoms with Gasteiger partial charge in [0.25, 0.3) is 5.91 Å². The third kappa shape index (κ3) is 5.15. The number of amides is 1. The molecule has 3 rings (SSSR count). The summed E-state index contributed by atoms with van der Waals surface area (Å²) in [5, 5.41) is 4.22. The molecule has 2 atom stereocenters. The first-order chi connectivity index (χ1) is 13.1. The van der Waals surface area contributed by atoms with Gasteiger partial charge in [0.2, 0.25) is 0 Å². The van der Waals surface area contributed by atoms with Gasteiger partial charge in [-0.15, -0.1) is 0 Å². The van der Waals surface area contributed by atoms with Crippen LogP contribution in [0.2, 0.25) is 0 Å². The van der Waals surface area contributed by atoms with Crippen molar-refractivity contribution in [3.63, 3.8) is 0 Å². The number of carbonyl (C=O) groups is 1. The molecule has 1 heterocycles. The summed E-state index contributed by atoms with van der Waals surface area (Å²) >= 11 is 3.41. The van der Waals surface area contributed by atoms with Crippen molar-refractivity contribution in [2.45, 2.75) is 32.4 Å². The summed E-state index contributed by atoms with van der Waals surface area (Å²) in [6.45, 7) is 4.47. The monoisotopic (exact) mass is 430 g/mol. The van der Waals surface area contributed by atoms with Crippen LogP contribution < -0.4 is 21.0 Å². The zero-order valence-corrected chi connectivity index (χ0v) is 16.9.